The van der Waals surface area contributed by atoms with Gasteiger partial charge in [0.1, 0.15) is 12.4 Å². The van der Waals surface area contributed by atoms with E-state index in [9.17, 15) is 13.2 Å². The average Bonchev–Trinajstić information content (AvgIpc) is 3.51. The third-order valence-electron chi connectivity index (χ3n) is 4.49. The molecule has 31 heavy (non-hydrogen) atoms. The molecule has 4 rings (SSSR count). The Labute approximate surface area is 179 Å². The fourth-order valence-corrected chi connectivity index (χ4v) is 3.82. The van der Waals surface area contributed by atoms with Gasteiger partial charge in [0.2, 0.25) is 10.0 Å². The first-order valence-corrected chi connectivity index (χ1v) is 10.9. The number of sulfonamides is 1. The van der Waals surface area contributed by atoms with Crippen molar-refractivity contribution in [1.82, 2.24) is 14.5 Å². The first kappa shape index (κ1) is 20.6. The molecule has 1 N–H and O–H groups in total. The van der Waals surface area contributed by atoms with Crippen molar-refractivity contribution in [1.29, 1.82) is 0 Å². The number of nitrogens with one attached hydrogen (secondary N) is 1. The Morgan fingerprint density at radius 1 is 1.03 bits per heavy atom. The van der Waals surface area contributed by atoms with E-state index in [4.69, 9.17) is 9.15 Å². The summed E-state index contributed by atoms with van der Waals surface area (Å²) < 4.78 is 39.3. The second-order valence-electron chi connectivity index (χ2n) is 6.62. The monoisotopic (exact) mass is 437 g/mol. The van der Waals surface area contributed by atoms with Gasteiger partial charge in [-0.3, -0.25) is 0 Å². The summed E-state index contributed by atoms with van der Waals surface area (Å²) in [4.78, 5) is 12.3. The van der Waals surface area contributed by atoms with Crippen LogP contribution in [0.25, 0.3) is 5.69 Å². The van der Waals surface area contributed by atoms with Crippen LogP contribution in [-0.4, -0.2) is 24.2 Å². The van der Waals surface area contributed by atoms with Crippen LogP contribution < -0.4 is 4.72 Å². The molecule has 0 bridgehead atoms. The van der Waals surface area contributed by atoms with Gasteiger partial charge in [0, 0.05) is 12.4 Å². The number of esters is 1. The van der Waals surface area contributed by atoms with E-state index in [-0.39, 0.29) is 23.6 Å². The Hall–Kier alpha value is -3.69. The smallest absolute Gasteiger partial charge is 0.338 e. The molecule has 0 radical (unpaired) electrons. The lowest BCUT2D eigenvalue weighted by molar-refractivity contribution is 0.0472. The van der Waals surface area contributed by atoms with Gasteiger partial charge >= 0.3 is 5.97 Å². The highest BCUT2D eigenvalue weighted by molar-refractivity contribution is 7.89. The van der Waals surface area contributed by atoms with Crippen LogP contribution in [0.15, 0.2) is 94.7 Å². The van der Waals surface area contributed by atoms with Gasteiger partial charge in [-0.15, -0.1) is 0 Å². The van der Waals surface area contributed by atoms with E-state index in [2.05, 4.69) is 9.82 Å². The number of furan rings is 1. The van der Waals surface area contributed by atoms with Crippen molar-refractivity contribution in [2.45, 2.75) is 18.0 Å². The maximum Gasteiger partial charge on any atom is 0.338 e. The second-order valence-corrected chi connectivity index (χ2v) is 8.39. The van der Waals surface area contributed by atoms with Crippen molar-refractivity contribution in [3.63, 3.8) is 0 Å². The third kappa shape index (κ3) is 5.08. The van der Waals surface area contributed by atoms with Gasteiger partial charge in [0.25, 0.3) is 0 Å². The predicted octanol–water partition coefficient (Wildman–Crippen LogP) is 3.30. The molecule has 2 aromatic heterocycles. The molecule has 0 aliphatic carbocycles. The molecular weight excluding hydrogens is 418 g/mol. The molecular formula is C22H19N3O5S. The highest BCUT2D eigenvalue weighted by Crippen LogP contribution is 2.14. The molecule has 0 fully saturated rings. The topological polar surface area (TPSA) is 103 Å². The lowest BCUT2D eigenvalue weighted by atomic mass is 10.2. The molecule has 0 aliphatic rings. The Balaban J connectivity index is 1.33. The minimum absolute atomic E-state index is 0.0400. The number of rotatable bonds is 8. The molecule has 0 amide bonds. The van der Waals surface area contributed by atoms with E-state index in [1.165, 1.54) is 30.5 Å². The number of benzene rings is 2. The third-order valence-corrected chi connectivity index (χ3v) is 5.91. The maximum atomic E-state index is 12.4. The van der Waals surface area contributed by atoms with Crippen LogP contribution in [-0.2, 0) is 27.9 Å². The molecule has 0 unspecified atom stereocenters. The molecule has 8 nitrogen and oxygen atoms in total. The van der Waals surface area contributed by atoms with Gasteiger partial charge in [-0.25, -0.2) is 22.6 Å². The number of nitrogens with zero attached hydrogens (tertiary/aromatic N) is 2. The van der Waals surface area contributed by atoms with E-state index < -0.39 is 16.0 Å². The Kier molecular flexibility index (Phi) is 5.96. The van der Waals surface area contributed by atoms with Crippen molar-refractivity contribution in [3.05, 3.63) is 102 Å². The average molecular weight is 437 g/mol. The summed E-state index contributed by atoms with van der Waals surface area (Å²) in [6.45, 7) is 0.140. The van der Waals surface area contributed by atoms with E-state index in [0.717, 1.165) is 11.3 Å². The van der Waals surface area contributed by atoms with Gasteiger partial charge in [-0.1, -0.05) is 12.1 Å². The van der Waals surface area contributed by atoms with Crippen molar-refractivity contribution in [2.75, 3.05) is 0 Å². The number of carbonyl (C=O) groups excluding carboxylic acids is 1. The number of hydrogen-bond acceptors (Lipinski definition) is 6. The SMILES string of the molecule is O=C(OCc1ccc(-n2cccn2)cc1)c1ccc(S(=O)(=O)NCc2ccco2)cc1. The standard InChI is InChI=1S/C22H19N3O5S/c26-22(30-16-17-4-8-19(9-5-17)25-13-2-12-23-25)18-6-10-21(11-7-18)31(27,28)24-15-20-3-1-14-29-20/h1-14,24H,15-16H2. The molecule has 4 aromatic rings. The van der Waals surface area contributed by atoms with Crippen LogP contribution in [0.3, 0.4) is 0 Å². The summed E-state index contributed by atoms with van der Waals surface area (Å²) in [5, 5.41) is 4.16. The number of ether oxygens (including phenoxy) is 1. The summed E-state index contributed by atoms with van der Waals surface area (Å²) in [6.07, 6.45) is 5.00. The van der Waals surface area contributed by atoms with Crippen LogP contribution in [0, 0.1) is 0 Å². The van der Waals surface area contributed by atoms with Crippen LogP contribution in [0.2, 0.25) is 0 Å². The molecule has 158 valence electrons. The molecule has 2 aromatic carbocycles. The molecule has 0 aliphatic heterocycles. The molecule has 0 saturated carbocycles. The number of carbonyl (C=O) groups is 1. The number of aromatic nitrogens is 2. The van der Waals surface area contributed by atoms with E-state index >= 15 is 0 Å². The first-order chi connectivity index (χ1) is 15.0. The van der Waals surface area contributed by atoms with E-state index in [1.807, 2.05) is 36.5 Å². The lowest BCUT2D eigenvalue weighted by Gasteiger charge is -2.08. The predicted molar refractivity (Wildman–Crippen MR) is 112 cm³/mol. The largest absolute Gasteiger partial charge is 0.468 e. The van der Waals surface area contributed by atoms with Gasteiger partial charge in [-0.2, -0.15) is 5.10 Å². The van der Waals surface area contributed by atoms with Crippen LogP contribution in [0.1, 0.15) is 21.7 Å². The molecule has 0 saturated heterocycles. The summed E-state index contributed by atoms with van der Waals surface area (Å²) in [5.74, 6) is -0.0370. The van der Waals surface area contributed by atoms with E-state index in [0.29, 0.717) is 5.76 Å². The van der Waals surface area contributed by atoms with Gasteiger partial charge in [0.15, 0.2) is 0 Å². The quantitative estimate of drug-likeness (QED) is 0.424. The van der Waals surface area contributed by atoms with Crippen LogP contribution >= 0.6 is 0 Å². The zero-order valence-corrected chi connectivity index (χ0v) is 17.2. The van der Waals surface area contributed by atoms with E-state index in [1.54, 1.807) is 23.0 Å². The fraction of sp³-hybridized carbons (Fsp3) is 0.0909. The molecule has 0 spiro atoms. The fourth-order valence-electron chi connectivity index (χ4n) is 2.83. The molecule has 2 heterocycles. The highest BCUT2D eigenvalue weighted by atomic mass is 32.2. The van der Waals surface area contributed by atoms with Gasteiger partial charge in [0.05, 0.1) is 29.0 Å². The van der Waals surface area contributed by atoms with Gasteiger partial charge in [-0.05, 0) is 60.2 Å². The Bertz CT molecular complexity index is 1230. The molecule has 0 atom stereocenters. The summed E-state index contributed by atoms with van der Waals surface area (Å²) in [5.41, 5.74) is 1.99. The van der Waals surface area contributed by atoms with Crippen molar-refractivity contribution < 1.29 is 22.4 Å². The summed E-state index contributed by atoms with van der Waals surface area (Å²) in [7, 11) is -3.73. The number of hydrogen-bond donors (Lipinski definition) is 1. The summed E-state index contributed by atoms with van der Waals surface area (Å²) in [6, 6.07) is 18.2. The zero-order chi connectivity index (χ0) is 21.7. The first-order valence-electron chi connectivity index (χ1n) is 9.39. The minimum atomic E-state index is -3.73. The zero-order valence-electron chi connectivity index (χ0n) is 16.3. The summed E-state index contributed by atoms with van der Waals surface area (Å²) >= 11 is 0. The molecule has 9 heteroatoms. The maximum absolute atomic E-state index is 12.4. The lowest BCUT2D eigenvalue weighted by Crippen LogP contribution is -2.23. The second kappa shape index (κ2) is 8.99. The Morgan fingerprint density at radius 2 is 1.81 bits per heavy atom. The highest BCUT2D eigenvalue weighted by Gasteiger charge is 2.16. The van der Waals surface area contributed by atoms with Crippen molar-refractivity contribution >= 4 is 16.0 Å². The van der Waals surface area contributed by atoms with Crippen molar-refractivity contribution in [2.24, 2.45) is 0 Å². The normalized spacial score (nSPS) is 11.4. The van der Waals surface area contributed by atoms with Crippen molar-refractivity contribution in [3.8, 4) is 5.69 Å². The Morgan fingerprint density at radius 3 is 2.45 bits per heavy atom. The minimum Gasteiger partial charge on any atom is -0.468 e. The van der Waals surface area contributed by atoms with Crippen LogP contribution in [0.5, 0.6) is 0 Å². The van der Waals surface area contributed by atoms with Gasteiger partial charge < -0.3 is 9.15 Å². The van der Waals surface area contributed by atoms with Crippen LogP contribution in [0.4, 0.5) is 0 Å².